The lowest BCUT2D eigenvalue weighted by molar-refractivity contribution is -0.139. The molecule has 6 nitrogen and oxygen atoms in total. The van der Waals surface area contributed by atoms with Gasteiger partial charge in [-0.3, -0.25) is 4.72 Å². The number of carboxylic acid groups (broad SMARTS) is 1. The van der Waals surface area contributed by atoms with Gasteiger partial charge in [0.2, 0.25) is 0 Å². The molecule has 0 atom stereocenters. The maximum Gasteiger partial charge on any atom is 0.341 e. The van der Waals surface area contributed by atoms with Crippen molar-refractivity contribution < 1.29 is 23.1 Å². The highest BCUT2D eigenvalue weighted by Gasteiger charge is 2.18. The first-order valence-electron chi connectivity index (χ1n) is 5.60. The molecule has 1 heterocycles. The van der Waals surface area contributed by atoms with Gasteiger partial charge in [-0.2, -0.15) is 0 Å². The van der Waals surface area contributed by atoms with Gasteiger partial charge in [-0.1, -0.05) is 23.7 Å². The minimum absolute atomic E-state index is 0.0561. The maximum atomic E-state index is 12.2. The van der Waals surface area contributed by atoms with Crippen LogP contribution in [0, 0.1) is 0 Å². The Balaban J connectivity index is 2.25. The Morgan fingerprint density at radius 2 is 2.00 bits per heavy atom. The highest BCUT2D eigenvalue weighted by Crippen LogP contribution is 2.30. The van der Waals surface area contributed by atoms with E-state index in [1.807, 2.05) is 0 Å². The summed E-state index contributed by atoms with van der Waals surface area (Å²) in [7, 11) is -3.80. The van der Waals surface area contributed by atoms with Gasteiger partial charge >= 0.3 is 5.97 Å². The number of rotatable bonds is 6. The Morgan fingerprint density at radius 1 is 1.29 bits per heavy atom. The molecule has 2 aromatic rings. The summed E-state index contributed by atoms with van der Waals surface area (Å²) in [5.74, 6) is -1.02. The molecule has 0 aliphatic heterocycles. The van der Waals surface area contributed by atoms with Gasteiger partial charge in [-0.15, -0.1) is 11.3 Å². The van der Waals surface area contributed by atoms with Crippen LogP contribution in [-0.2, 0) is 14.8 Å². The first-order chi connectivity index (χ1) is 9.88. The molecule has 1 aromatic heterocycles. The summed E-state index contributed by atoms with van der Waals surface area (Å²) in [6.07, 6.45) is 0. The molecule has 0 bridgehead atoms. The molecule has 0 radical (unpaired) electrons. The molecule has 0 aliphatic carbocycles. The molecule has 0 saturated carbocycles. The van der Waals surface area contributed by atoms with Crippen molar-refractivity contribution in [3.05, 3.63) is 40.7 Å². The zero-order chi connectivity index (χ0) is 15.5. The predicted octanol–water partition coefficient (Wildman–Crippen LogP) is 2.67. The molecule has 0 spiro atoms. The Morgan fingerprint density at radius 3 is 2.62 bits per heavy atom. The summed E-state index contributed by atoms with van der Waals surface area (Å²) in [6.45, 7) is -0.566. The number of sulfonamides is 1. The van der Waals surface area contributed by atoms with Crippen LogP contribution >= 0.6 is 22.9 Å². The van der Waals surface area contributed by atoms with Crippen molar-refractivity contribution in [1.82, 2.24) is 0 Å². The second-order valence-electron chi connectivity index (χ2n) is 3.84. The summed E-state index contributed by atoms with van der Waals surface area (Å²) in [5, 5.41) is 8.60. The number of nitrogens with one attached hydrogen (secondary N) is 1. The van der Waals surface area contributed by atoms with Crippen LogP contribution in [0.15, 0.2) is 40.6 Å². The van der Waals surface area contributed by atoms with Crippen LogP contribution in [0.3, 0.4) is 0 Å². The van der Waals surface area contributed by atoms with E-state index in [0.29, 0.717) is 4.34 Å². The normalized spacial score (nSPS) is 11.1. The van der Waals surface area contributed by atoms with Gasteiger partial charge in [0.25, 0.3) is 10.0 Å². The van der Waals surface area contributed by atoms with Gasteiger partial charge in [-0.05, 0) is 24.3 Å². The number of aliphatic carboxylic acids is 1. The van der Waals surface area contributed by atoms with E-state index >= 15 is 0 Å². The van der Waals surface area contributed by atoms with Crippen molar-refractivity contribution in [2.24, 2.45) is 0 Å². The van der Waals surface area contributed by atoms with E-state index in [1.54, 1.807) is 12.1 Å². The van der Waals surface area contributed by atoms with E-state index in [1.165, 1.54) is 24.3 Å². The quantitative estimate of drug-likeness (QED) is 0.838. The number of hydrogen-bond acceptors (Lipinski definition) is 5. The average Bonchev–Trinajstić information content (AvgIpc) is 2.85. The standard InChI is InChI=1S/C12H10ClNO5S2/c13-10-5-6-12(20-10)21(17,18)14-8-3-1-2-4-9(8)19-7-11(15)16/h1-6,14H,7H2,(H,15,16). The van der Waals surface area contributed by atoms with Gasteiger partial charge in [0.05, 0.1) is 10.0 Å². The van der Waals surface area contributed by atoms with Crippen molar-refractivity contribution in [1.29, 1.82) is 0 Å². The second-order valence-corrected chi connectivity index (χ2v) is 7.47. The van der Waals surface area contributed by atoms with E-state index < -0.39 is 22.6 Å². The molecular formula is C12H10ClNO5S2. The molecule has 112 valence electrons. The number of para-hydroxylation sites is 2. The third-order valence-corrected chi connectivity index (χ3v) is 5.38. The molecule has 9 heteroatoms. The van der Waals surface area contributed by atoms with Gasteiger partial charge in [0, 0.05) is 0 Å². The minimum Gasteiger partial charge on any atom is -0.480 e. The van der Waals surface area contributed by atoms with Crippen LogP contribution in [0.2, 0.25) is 4.34 Å². The Hall–Kier alpha value is -1.77. The molecule has 2 N–H and O–H groups in total. The zero-order valence-electron chi connectivity index (χ0n) is 10.4. The van der Waals surface area contributed by atoms with Crippen molar-refractivity contribution in [3.8, 4) is 5.75 Å². The van der Waals surface area contributed by atoms with Crippen LogP contribution in [0.4, 0.5) is 5.69 Å². The average molecular weight is 348 g/mol. The van der Waals surface area contributed by atoms with E-state index in [0.717, 1.165) is 11.3 Å². The maximum absolute atomic E-state index is 12.2. The number of carboxylic acids is 1. The fraction of sp³-hybridized carbons (Fsp3) is 0.0833. The fourth-order valence-corrected chi connectivity index (χ4v) is 4.01. The molecule has 1 aromatic carbocycles. The van der Waals surface area contributed by atoms with Gasteiger partial charge in [0.15, 0.2) is 6.61 Å². The topological polar surface area (TPSA) is 92.7 Å². The SMILES string of the molecule is O=C(O)COc1ccccc1NS(=O)(=O)c1ccc(Cl)s1. The number of benzene rings is 1. The van der Waals surface area contributed by atoms with Gasteiger partial charge in [0.1, 0.15) is 9.96 Å². The highest BCUT2D eigenvalue weighted by atomic mass is 35.5. The van der Waals surface area contributed by atoms with E-state index in [9.17, 15) is 13.2 Å². The summed E-state index contributed by atoms with van der Waals surface area (Å²) in [6, 6.07) is 9.03. The van der Waals surface area contributed by atoms with Gasteiger partial charge < -0.3 is 9.84 Å². The lowest BCUT2D eigenvalue weighted by Crippen LogP contribution is -2.14. The van der Waals surface area contributed by atoms with Crippen LogP contribution in [-0.4, -0.2) is 26.1 Å². The summed E-state index contributed by atoms with van der Waals surface area (Å²) < 4.78 is 32.1. The first-order valence-corrected chi connectivity index (χ1v) is 8.28. The monoisotopic (exact) mass is 347 g/mol. The van der Waals surface area contributed by atoms with E-state index in [-0.39, 0.29) is 15.6 Å². The number of ether oxygens (including phenoxy) is 1. The van der Waals surface area contributed by atoms with E-state index in [4.69, 9.17) is 21.4 Å². The number of hydrogen-bond donors (Lipinski definition) is 2. The number of halogens is 1. The molecule has 2 rings (SSSR count). The van der Waals surface area contributed by atoms with Crippen LogP contribution in [0.25, 0.3) is 0 Å². The third-order valence-electron chi connectivity index (χ3n) is 2.30. The molecule has 0 aliphatic rings. The number of thiophene rings is 1. The Kier molecular flexibility index (Phi) is 4.71. The Labute approximate surface area is 130 Å². The third kappa shape index (κ3) is 4.10. The summed E-state index contributed by atoms with van der Waals surface area (Å²) >= 11 is 6.64. The smallest absolute Gasteiger partial charge is 0.341 e. The van der Waals surface area contributed by atoms with E-state index in [2.05, 4.69) is 4.72 Å². The lowest BCUT2D eigenvalue weighted by Gasteiger charge is -2.11. The minimum atomic E-state index is -3.80. The fourth-order valence-electron chi connectivity index (χ4n) is 1.45. The molecule has 0 saturated heterocycles. The van der Waals surface area contributed by atoms with Crippen molar-refractivity contribution in [3.63, 3.8) is 0 Å². The predicted molar refractivity (Wildman–Crippen MR) is 79.7 cm³/mol. The van der Waals surface area contributed by atoms with Crippen LogP contribution in [0.5, 0.6) is 5.75 Å². The van der Waals surface area contributed by atoms with Crippen molar-refractivity contribution in [2.75, 3.05) is 11.3 Å². The van der Waals surface area contributed by atoms with Gasteiger partial charge in [-0.25, -0.2) is 13.2 Å². The molecular weight excluding hydrogens is 338 g/mol. The lowest BCUT2D eigenvalue weighted by atomic mass is 10.3. The molecule has 0 fully saturated rings. The van der Waals surface area contributed by atoms with Crippen LogP contribution in [0.1, 0.15) is 0 Å². The molecule has 21 heavy (non-hydrogen) atoms. The van der Waals surface area contributed by atoms with Crippen molar-refractivity contribution >= 4 is 44.6 Å². The van der Waals surface area contributed by atoms with Crippen molar-refractivity contribution in [2.45, 2.75) is 4.21 Å². The van der Waals surface area contributed by atoms with Crippen LogP contribution < -0.4 is 9.46 Å². The molecule has 0 unspecified atom stereocenters. The summed E-state index contributed by atoms with van der Waals surface area (Å²) in [4.78, 5) is 10.5. The molecule has 0 amide bonds. The highest BCUT2D eigenvalue weighted by molar-refractivity contribution is 7.94. The largest absolute Gasteiger partial charge is 0.480 e. The number of carbonyl (C=O) groups is 1. The summed E-state index contributed by atoms with van der Waals surface area (Å²) in [5.41, 5.74) is 0.156. The second kappa shape index (κ2) is 6.33. The Bertz CT molecular complexity index is 757. The number of anilines is 1. The first kappa shape index (κ1) is 15.6. The zero-order valence-corrected chi connectivity index (χ0v) is 12.8.